The second-order valence-electron chi connectivity index (χ2n) is 3.29. The van der Waals surface area contributed by atoms with Crippen molar-refractivity contribution in [1.82, 2.24) is 5.32 Å². The van der Waals surface area contributed by atoms with E-state index in [4.69, 9.17) is 10.9 Å². The standard InChI is InChI=1S/C9H14N4O3S/c1-12-8(14)5-13-6-3-2-4-7(9(6)10)17(11,15)16/h2-4,13H,5,10H2,1H3,(H,12,14)(H2,11,15,16). The van der Waals surface area contributed by atoms with Crippen LogP contribution in [0.2, 0.25) is 0 Å². The summed E-state index contributed by atoms with van der Waals surface area (Å²) in [7, 11) is -2.37. The van der Waals surface area contributed by atoms with E-state index in [2.05, 4.69) is 10.6 Å². The summed E-state index contributed by atoms with van der Waals surface area (Å²) in [5.74, 6) is -0.245. The first kappa shape index (κ1) is 13.3. The van der Waals surface area contributed by atoms with E-state index in [0.717, 1.165) is 0 Å². The summed E-state index contributed by atoms with van der Waals surface area (Å²) in [5.41, 5.74) is 5.99. The van der Waals surface area contributed by atoms with Crippen LogP contribution in [0.3, 0.4) is 0 Å². The van der Waals surface area contributed by atoms with Crippen LogP contribution in [-0.2, 0) is 14.8 Å². The van der Waals surface area contributed by atoms with Gasteiger partial charge in [0.15, 0.2) is 0 Å². The molecule has 0 atom stereocenters. The van der Waals surface area contributed by atoms with E-state index in [1.807, 2.05) is 0 Å². The second kappa shape index (κ2) is 5.02. The van der Waals surface area contributed by atoms with Crippen LogP contribution in [0.15, 0.2) is 23.1 Å². The van der Waals surface area contributed by atoms with Crippen molar-refractivity contribution in [3.8, 4) is 0 Å². The molecular formula is C9H14N4O3S. The molecule has 0 bridgehead atoms. The molecule has 7 nitrogen and oxygen atoms in total. The van der Waals surface area contributed by atoms with Crippen molar-refractivity contribution >= 4 is 27.3 Å². The van der Waals surface area contributed by atoms with Crippen molar-refractivity contribution in [1.29, 1.82) is 0 Å². The number of primary sulfonamides is 1. The number of nitrogens with one attached hydrogen (secondary N) is 2. The van der Waals surface area contributed by atoms with Crippen molar-refractivity contribution in [2.45, 2.75) is 4.90 Å². The van der Waals surface area contributed by atoms with Crippen LogP contribution in [-0.4, -0.2) is 27.9 Å². The number of benzene rings is 1. The lowest BCUT2D eigenvalue weighted by atomic mass is 10.2. The maximum atomic E-state index is 11.2. The zero-order valence-corrected chi connectivity index (χ0v) is 10.0. The quantitative estimate of drug-likeness (QED) is 0.519. The van der Waals surface area contributed by atoms with E-state index in [0.29, 0.717) is 5.69 Å². The first-order valence-corrected chi connectivity index (χ1v) is 6.26. The number of nitrogens with two attached hydrogens (primary N) is 2. The van der Waals surface area contributed by atoms with E-state index in [1.165, 1.54) is 19.2 Å². The van der Waals surface area contributed by atoms with Gasteiger partial charge in [-0.25, -0.2) is 13.6 Å². The summed E-state index contributed by atoms with van der Waals surface area (Å²) >= 11 is 0. The van der Waals surface area contributed by atoms with Crippen molar-refractivity contribution < 1.29 is 13.2 Å². The molecule has 0 saturated carbocycles. The van der Waals surface area contributed by atoms with Crippen molar-refractivity contribution in [2.24, 2.45) is 5.14 Å². The van der Waals surface area contributed by atoms with Gasteiger partial charge in [-0.1, -0.05) is 6.07 Å². The van der Waals surface area contributed by atoms with Crippen LogP contribution in [0.25, 0.3) is 0 Å². The number of para-hydroxylation sites is 1. The molecule has 0 aromatic heterocycles. The number of anilines is 2. The Morgan fingerprint density at radius 2 is 2.06 bits per heavy atom. The fourth-order valence-electron chi connectivity index (χ4n) is 1.21. The summed E-state index contributed by atoms with van der Waals surface area (Å²) in [4.78, 5) is 10.9. The lowest BCUT2D eigenvalue weighted by molar-refractivity contribution is -0.118. The molecule has 94 valence electrons. The maximum absolute atomic E-state index is 11.2. The Labute approximate surface area is 99.2 Å². The number of rotatable bonds is 4. The van der Waals surface area contributed by atoms with Crippen LogP contribution in [0.5, 0.6) is 0 Å². The Morgan fingerprint density at radius 3 is 2.59 bits per heavy atom. The molecule has 1 amide bonds. The number of carbonyl (C=O) groups is 1. The van der Waals surface area contributed by atoms with Crippen molar-refractivity contribution in [3.63, 3.8) is 0 Å². The molecule has 0 aliphatic carbocycles. The SMILES string of the molecule is CNC(=O)CNc1cccc(S(N)(=O)=O)c1N. The molecule has 0 spiro atoms. The fourth-order valence-corrected chi connectivity index (χ4v) is 1.89. The fraction of sp³-hybridized carbons (Fsp3) is 0.222. The minimum Gasteiger partial charge on any atom is -0.396 e. The molecule has 0 aliphatic rings. The molecule has 1 aromatic rings. The number of carbonyl (C=O) groups excluding carboxylic acids is 1. The molecule has 0 unspecified atom stereocenters. The Bertz CT molecular complexity index is 527. The van der Waals surface area contributed by atoms with E-state index in [9.17, 15) is 13.2 Å². The summed E-state index contributed by atoms with van der Waals surface area (Å²) in [6, 6.07) is 4.35. The number of hydrogen-bond acceptors (Lipinski definition) is 5. The van der Waals surface area contributed by atoms with Crippen LogP contribution in [0.1, 0.15) is 0 Å². The van der Waals surface area contributed by atoms with Gasteiger partial charge < -0.3 is 16.4 Å². The maximum Gasteiger partial charge on any atom is 0.240 e. The molecule has 0 radical (unpaired) electrons. The first-order chi connectivity index (χ1) is 7.86. The van der Waals surface area contributed by atoms with Crippen LogP contribution < -0.4 is 21.5 Å². The van der Waals surface area contributed by atoms with E-state index in [-0.39, 0.29) is 23.0 Å². The van der Waals surface area contributed by atoms with Crippen molar-refractivity contribution in [3.05, 3.63) is 18.2 Å². The molecule has 0 saturated heterocycles. The molecule has 1 rings (SSSR count). The highest BCUT2D eigenvalue weighted by Crippen LogP contribution is 2.25. The minimum absolute atomic E-state index is 0.00102. The molecular weight excluding hydrogens is 244 g/mol. The van der Waals surface area contributed by atoms with Crippen LogP contribution >= 0.6 is 0 Å². The van der Waals surface area contributed by atoms with Gasteiger partial charge in [-0.05, 0) is 12.1 Å². The normalized spacial score (nSPS) is 10.9. The predicted octanol–water partition coefficient (Wildman–Crippen LogP) is -0.926. The zero-order valence-electron chi connectivity index (χ0n) is 9.23. The minimum atomic E-state index is -3.87. The largest absolute Gasteiger partial charge is 0.396 e. The lowest BCUT2D eigenvalue weighted by Crippen LogP contribution is -2.26. The van der Waals surface area contributed by atoms with Gasteiger partial charge in [0.05, 0.1) is 17.9 Å². The van der Waals surface area contributed by atoms with Gasteiger partial charge in [-0.15, -0.1) is 0 Å². The Kier molecular flexibility index (Phi) is 3.92. The third-order valence-corrected chi connectivity index (χ3v) is 3.06. The third-order valence-electron chi connectivity index (χ3n) is 2.09. The highest BCUT2D eigenvalue weighted by atomic mass is 32.2. The monoisotopic (exact) mass is 258 g/mol. The number of hydrogen-bond donors (Lipinski definition) is 4. The first-order valence-electron chi connectivity index (χ1n) is 4.72. The smallest absolute Gasteiger partial charge is 0.240 e. The Balaban J connectivity index is 3.00. The number of nitrogen functional groups attached to an aromatic ring is 1. The van der Waals surface area contributed by atoms with Gasteiger partial charge in [0, 0.05) is 7.05 Å². The third kappa shape index (κ3) is 3.33. The number of likely N-dealkylation sites (N-methyl/N-ethyl adjacent to an activating group) is 1. The number of amides is 1. The molecule has 8 heteroatoms. The van der Waals surface area contributed by atoms with Crippen molar-refractivity contribution in [2.75, 3.05) is 24.6 Å². The van der Waals surface area contributed by atoms with E-state index < -0.39 is 10.0 Å². The highest BCUT2D eigenvalue weighted by Gasteiger charge is 2.14. The summed E-state index contributed by atoms with van der Waals surface area (Å²) in [6.07, 6.45) is 0. The topological polar surface area (TPSA) is 127 Å². The zero-order chi connectivity index (χ0) is 13.1. The van der Waals surface area contributed by atoms with Crippen LogP contribution in [0, 0.1) is 0 Å². The van der Waals surface area contributed by atoms with E-state index >= 15 is 0 Å². The Hall–Kier alpha value is -1.80. The molecule has 0 heterocycles. The van der Waals surface area contributed by atoms with Gasteiger partial charge in [-0.3, -0.25) is 4.79 Å². The van der Waals surface area contributed by atoms with Gasteiger partial charge >= 0.3 is 0 Å². The van der Waals surface area contributed by atoms with Gasteiger partial charge in [0.25, 0.3) is 0 Å². The molecule has 1 aromatic carbocycles. The Morgan fingerprint density at radius 1 is 1.41 bits per heavy atom. The molecule has 0 aliphatic heterocycles. The molecule has 6 N–H and O–H groups in total. The van der Waals surface area contributed by atoms with Gasteiger partial charge in [-0.2, -0.15) is 0 Å². The summed E-state index contributed by atoms with van der Waals surface area (Å²) in [6.45, 7) is -0.00519. The highest BCUT2D eigenvalue weighted by molar-refractivity contribution is 7.89. The molecule has 17 heavy (non-hydrogen) atoms. The number of sulfonamides is 1. The molecule has 0 fully saturated rings. The second-order valence-corrected chi connectivity index (χ2v) is 4.82. The predicted molar refractivity (Wildman–Crippen MR) is 64.8 cm³/mol. The van der Waals surface area contributed by atoms with Gasteiger partial charge in [0.1, 0.15) is 4.90 Å². The summed E-state index contributed by atoms with van der Waals surface area (Å²) < 4.78 is 22.4. The summed E-state index contributed by atoms with van der Waals surface area (Å²) in [5, 5.41) is 10.1. The average molecular weight is 258 g/mol. The lowest BCUT2D eigenvalue weighted by Gasteiger charge is -2.11. The van der Waals surface area contributed by atoms with Crippen LogP contribution in [0.4, 0.5) is 11.4 Å². The average Bonchev–Trinajstić information content (AvgIpc) is 2.25. The van der Waals surface area contributed by atoms with E-state index in [1.54, 1.807) is 6.07 Å². The van der Waals surface area contributed by atoms with Gasteiger partial charge in [0.2, 0.25) is 15.9 Å².